The molecular weight excluding hydrogens is 186 g/mol. The van der Waals surface area contributed by atoms with E-state index in [1.54, 1.807) is 0 Å². The van der Waals surface area contributed by atoms with E-state index in [2.05, 4.69) is 37.5 Å². The average Bonchev–Trinajstić information content (AvgIpc) is 2.18. The molecule has 15 heavy (non-hydrogen) atoms. The summed E-state index contributed by atoms with van der Waals surface area (Å²) in [5.74, 6) is 0.607. The van der Waals surface area contributed by atoms with E-state index < -0.39 is 0 Å². The Hall–Kier alpha value is -0.120. The quantitative estimate of drug-likeness (QED) is 0.756. The van der Waals surface area contributed by atoms with Crippen molar-refractivity contribution in [3.8, 4) is 0 Å². The third kappa shape index (κ3) is 4.09. The second-order valence-corrected chi connectivity index (χ2v) is 5.27. The maximum absolute atomic E-state index is 5.89. The molecule has 0 aromatic rings. The fourth-order valence-corrected chi connectivity index (χ4v) is 2.04. The Balaban J connectivity index is 2.25. The van der Waals surface area contributed by atoms with Gasteiger partial charge in [0, 0.05) is 44.8 Å². The van der Waals surface area contributed by atoms with E-state index >= 15 is 0 Å². The number of hydrogen-bond acceptors (Lipinski definition) is 3. The molecule has 2 N–H and O–H groups in total. The van der Waals surface area contributed by atoms with Crippen molar-refractivity contribution in [1.29, 1.82) is 0 Å². The van der Waals surface area contributed by atoms with Gasteiger partial charge in [-0.25, -0.2) is 0 Å². The van der Waals surface area contributed by atoms with E-state index in [0.717, 1.165) is 6.54 Å². The third-order valence-corrected chi connectivity index (χ3v) is 3.58. The molecule has 1 heterocycles. The van der Waals surface area contributed by atoms with Crippen LogP contribution in [0.15, 0.2) is 0 Å². The maximum atomic E-state index is 5.89. The first-order valence-corrected chi connectivity index (χ1v) is 6.22. The highest BCUT2D eigenvalue weighted by Gasteiger charge is 2.20. The van der Waals surface area contributed by atoms with Gasteiger partial charge in [0.1, 0.15) is 0 Å². The van der Waals surface area contributed by atoms with Gasteiger partial charge in [0.25, 0.3) is 0 Å². The minimum atomic E-state index is 0.313. The van der Waals surface area contributed by atoms with Gasteiger partial charge < -0.3 is 10.6 Å². The van der Waals surface area contributed by atoms with Gasteiger partial charge in [0.05, 0.1) is 0 Å². The normalized spacial score (nSPS) is 24.4. The summed E-state index contributed by atoms with van der Waals surface area (Å²) >= 11 is 0. The number of nitrogens with zero attached hydrogens (tertiary/aromatic N) is 2. The van der Waals surface area contributed by atoms with Crippen molar-refractivity contribution in [1.82, 2.24) is 9.80 Å². The first-order valence-electron chi connectivity index (χ1n) is 6.22. The van der Waals surface area contributed by atoms with Gasteiger partial charge in [0.2, 0.25) is 0 Å². The summed E-state index contributed by atoms with van der Waals surface area (Å²) < 4.78 is 0. The van der Waals surface area contributed by atoms with Crippen molar-refractivity contribution in [2.45, 2.75) is 39.8 Å². The van der Waals surface area contributed by atoms with Crippen LogP contribution < -0.4 is 5.73 Å². The zero-order valence-electron chi connectivity index (χ0n) is 10.7. The molecule has 0 bridgehead atoms. The summed E-state index contributed by atoms with van der Waals surface area (Å²) in [5.41, 5.74) is 5.89. The molecule has 0 aromatic carbocycles. The van der Waals surface area contributed by atoms with E-state index in [-0.39, 0.29) is 0 Å². The number of hydrogen-bond donors (Lipinski definition) is 1. The predicted molar refractivity (Wildman–Crippen MR) is 66.0 cm³/mol. The van der Waals surface area contributed by atoms with Crippen LogP contribution in [0.5, 0.6) is 0 Å². The van der Waals surface area contributed by atoms with Crippen LogP contribution in [0.1, 0.15) is 27.7 Å². The van der Waals surface area contributed by atoms with Gasteiger partial charge in [-0.15, -0.1) is 0 Å². The standard InChI is InChI=1S/C12H27N3/c1-10(2)15-7-5-14(6-8-15)9-11(3)12(4)13/h10-12H,5-9,13H2,1-4H3. The van der Waals surface area contributed by atoms with E-state index in [1.165, 1.54) is 26.2 Å². The summed E-state index contributed by atoms with van der Waals surface area (Å²) in [4.78, 5) is 5.10. The van der Waals surface area contributed by atoms with Crippen LogP contribution in [0.25, 0.3) is 0 Å². The lowest BCUT2D eigenvalue weighted by Crippen LogP contribution is -2.50. The van der Waals surface area contributed by atoms with Crippen LogP contribution in [-0.4, -0.2) is 54.6 Å². The molecule has 0 spiro atoms. The molecule has 1 saturated heterocycles. The summed E-state index contributed by atoms with van der Waals surface area (Å²) in [6, 6.07) is 1.01. The Labute approximate surface area is 94.6 Å². The lowest BCUT2D eigenvalue weighted by Gasteiger charge is -2.38. The topological polar surface area (TPSA) is 32.5 Å². The van der Waals surface area contributed by atoms with Crippen molar-refractivity contribution < 1.29 is 0 Å². The molecular formula is C12H27N3. The first kappa shape index (κ1) is 12.9. The van der Waals surface area contributed by atoms with Gasteiger partial charge in [-0.2, -0.15) is 0 Å². The number of rotatable bonds is 4. The molecule has 1 aliphatic heterocycles. The van der Waals surface area contributed by atoms with E-state index in [9.17, 15) is 0 Å². The van der Waals surface area contributed by atoms with Crippen LogP contribution in [0.4, 0.5) is 0 Å². The highest BCUT2D eigenvalue weighted by atomic mass is 15.3. The third-order valence-electron chi connectivity index (χ3n) is 3.58. The maximum Gasteiger partial charge on any atom is 0.0113 e. The molecule has 3 heteroatoms. The van der Waals surface area contributed by atoms with Crippen LogP contribution in [0.3, 0.4) is 0 Å². The predicted octanol–water partition coefficient (Wildman–Crippen LogP) is 0.996. The van der Waals surface area contributed by atoms with Crippen molar-refractivity contribution in [2.75, 3.05) is 32.7 Å². The average molecular weight is 213 g/mol. The van der Waals surface area contributed by atoms with Crippen molar-refractivity contribution >= 4 is 0 Å². The summed E-state index contributed by atoms with van der Waals surface area (Å²) in [6.07, 6.45) is 0. The largest absolute Gasteiger partial charge is 0.328 e. The number of nitrogens with two attached hydrogens (primary N) is 1. The first-order chi connectivity index (χ1) is 7.00. The molecule has 0 aliphatic carbocycles. The monoisotopic (exact) mass is 213 g/mol. The summed E-state index contributed by atoms with van der Waals surface area (Å²) in [5, 5.41) is 0. The van der Waals surface area contributed by atoms with Crippen molar-refractivity contribution in [2.24, 2.45) is 11.7 Å². The van der Waals surface area contributed by atoms with Gasteiger partial charge >= 0.3 is 0 Å². The van der Waals surface area contributed by atoms with E-state index in [4.69, 9.17) is 5.73 Å². The molecule has 2 atom stereocenters. The fourth-order valence-electron chi connectivity index (χ4n) is 2.04. The van der Waals surface area contributed by atoms with Crippen LogP contribution in [-0.2, 0) is 0 Å². The zero-order chi connectivity index (χ0) is 11.4. The molecule has 0 amide bonds. The van der Waals surface area contributed by atoms with Gasteiger partial charge in [-0.3, -0.25) is 4.90 Å². The van der Waals surface area contributed by atoms with Crippen LogP contribution in [0.2, 0.25) is 0 Å². The second kappa shape index (κ2) is 5.83. The summed E-state index contributed by atoms with van der Waals surface area (Å²) in [6.45, 7) is 14.9. The highest BCUT2D eigenvalue weighted by molar-refractivity contribution is 4.77. The Bertz CT molecular complexity index is 172. The smallest absolute Gasteiger partial charge is 0.0113 e. The Morgan fingerprint density at radius 3 is 1.93 bits per heavy atom. The molecule has 1 rings (SSSR count). The van der Waals surface area contributed by atoms with Crippen LogP contribution >= 0.6 is 0 Å². The van der Waals surface area contributed by atoms with Crippen molar-refractivity contribution in [3.05, 3.63) is 0 Å². The van der Waals surface area contributed by atoms with Gasteiger partial charge in [-0.05, 0) is 26.7 Å². The molecule has 3 nitrogen and oxygen atoms in total. The minimum absolute atomic E-state index is 0.313. The zero-order valence-corrected chi connectivity index (χ0v) is 10.7. The Morgan fingerprint density at radius 2 is 1.53 bits per heavy atom. The molecule has 0 saturated carbocycles. The second-order valence-electron chi connectivity index (χ2n) is 5.27. The summed E-state index contributed by atoms with van der Waals surface area (Å²) in [7, 11) is 0. The SMILES string of the molecule is CC(N)C(C)CN1CCN(C(C)C)CC1. The lowest BCUT2D eigenvalue weighted by molar-refractivity contribution is 0.0962. The fraction of sp³-hybridized carbons (Fsp3) is 1.00. The lowest BCUT2D eigenvalue weighted by atomic mass is 10.0. The number of piperazine rings is 1. The van der Waals surface area contributed by atoms with Crippen molar-refractivity contribution in [3.63, 3.8) is 0 Å². The van der Waals surface area contributed by atoms with Gasteiger partial charge in [-0.1, -0.05) is 6.92 Å². The van der Waals surface area contributed by atoms with E-state index in [0.29, 0.717) is 18.0 Å². The molecule has 90 valence electrons. The molecule has 0 radical (unpaired) electrons. The molecule has 0 aromatic heterocycles. The van der Waals surface area contributed by atoms with Gasteiger partial charge in [0.15, 0.2) is 0 Å². The Morgan fingerprint density at radius 1 is 1.00 bits per heavy atom. The van der Waals surface area contributed by atoms with E-state index in [1.807, 2.05) is 0 Å². The highest BCUT2D eigenvalue weighted by Crippen LogP contribution is 2.09. The molecule has 1 aliphatic rings. The minimum Gasteiger partial charge on any atom is -0.328 e. The molecule has 1 fully saturated rings. The van der Waals surface area contributed by atoms with Crippen LogP contribution in [0, 0.1) is 5.92 Å². The molecule has 2 unspecified atom stereocenters. The Kier molecular flexibility index (Phi) is 5.03.